The van der Waals surface area contributed by atoms with E-state index in [0.717, 1.165) is 9.87 Å². The Balaban J connectivity index is 1.94. The number of anilines is 1. The molecule has 1 unspecified atom stereocenters. The lowest BCUT2D eigenvalue weighted by Crippen LogP contribution is -2.53. The van der Waals surface area contributed by atoms with Gasteiger partial charge in [-0.15, -0.1) is 0 Å². The largest absolute Gasteiger partial charge is 0.465 e. The number of benzene rings is 2. The molecular weight excluding hydrogens is 392 g/mol. The Kier molecular flexibility index (Phi) is 6.68. The van der Waals surface area contributed by atoms with Crippen molar-refractivity contribution in [3.8, 4) is 0 Å². The smallest absolute Gasteiger partial charge is 0.324 e. The Morgan fingerprint density at radius 2 is 1.83 bits per heavy atom. The highest BCUT2D eigenvalue weighted by Gasteiger charge is 2.42. The molecule has 0 spiro atoms. The van der Waals surface area contributed by atoms with Gasteiger partial charge in [0.15, 0.2) is 0 Å². The predicted molar refractivity (Wildman–Crippen MR) is 109 cm³/mol. The van der Waals surface area contributed by atoms with E-state index in [0.29, 0.717) is 5.69 Å². The first kappa shape index (κ1) is 21.0. The average Bonchev–Trinajstić information content (AvgIpc) is 2.73. The van der Waals surface area contributed by atoms with Crippen molar-refractivity contribution < 1.29 is 22.7 Å². The standard InChI is InChI=1S/C21H24N2O5S/c1-2-27-21(24)19-9-6-10-20(28-15-16-7-4-3-5-8-16)23(19)29(25,26)18-13-11-17(22)12-14-18/h3-8,10-14,19-20H,2,9,15,22H2,1H3/t19-,20?/m0/s1. The van der Waals surface area contributed by atoms with Crippen molar-refractivity contribution in [1.82, 2.24) is 4.31 Å². The van der Waals surface area contributed by atoms with Gasteiger partial charge >= 0.3 is 5.97 Å². The number of rotatable bonds is 7. The van der Waals surface area contributed by atoms with Crippen LogP contribution in [0.4, 0.5) is 5.69 Å². The molecule has 154 valence electrons. The van der Waals surface area contributed by atoms with E-state index in [2.05, 4.69) is 0 Å². The van der Waals surface area contributed by atoms with Crippen LogP contribution in [0.3, 0.4) is 0 Å². The van der Waals surface area contributed by atoms with Gasteiger partial charge in [0, 0.05) is 5.69 Å². The molecule has 2 atom stereocenters. The third kappa shape index (κ3) is 4.84. The molecule has 8 heteroatoms. The van der Waals surface area contributed by atoms with Gasteiger partial charge in [-0.05, 0) is 49.2 Å². The van der Waals surface area contributed by atoms with Gasteiger partial charge < -0.3 is 15.2 Å². The summed E-state index contributed by atoms with van der Waals surface area (Å²) in [5.74, 6) is -0.607. The molecule has 0 aliphatic carbocycles. The van der Waals surface area contributed by atoms with Crippen LogP contribution < -0.4 is 5.73 Å². The maximum absolute atomic E-state index is 13.4. The molecule has 2 aromatic rings. The number of carbonyl (C=O) groups is 1. The number of carbonyl (C=O) groups excluding carboxylic acids is 1. The SMILES string of the molecule is CCOC(=O)[C@@H]1CC=CC(OCc2ccccc2)N1S(=O)(=O)c1ccc(N)cc1. The Bertz CT molecular complexity index is 958. The summed E-state index contributed by atoms with van der Waals surface area (Å²) in [4.78, 5) is 12.6. The van der Waals surface area contributed by atoms with Crippen molar-refractivity contribution in [2.24, 2.45) is 0 Å². The van der Waals surface area contributed by atoms with E-state index in [9.17, 15) is 13.2 Å². The third-order valence-electron chi connectivity index (χ3n) is 4.50. The van der Waals surface area contributed by atoms with Crippen LogP contribution in [0.15, 0.2) is 71.6 Å². The van der Waals surface area contributed by atoms with Crippen LogP contribution in [-0.4, -0.2) is 37.6 Å². The third-order valence-corrected chi connectivity index (χ3v) is 6.38. The van der Waals surface area contributed by atoms with Crippen LogP contribution in [-0.2, 0) is 30.9 Å². The number of nitrogen functional groups attached to an aromatic ring is 1. The zero-order valence-corrected chi connectivity index (χ0v) is 16.9. The number of sulfonamides is 1. The van der Waals surface area contributed by atoms with Gasteiger partial charge in [-0.3, -0.25) is 4.79 Å². The summed E-state index contributed by atoms with van der Waals surface area (Å²) in [5.41, 5.74) is 7.02. The number of esters is 1. The fourth-order valence-corrected chi connectivity index (χ4v) is 4.71. The van der Waals surface area contributed by atoms with Crippen LogP contribution in [0.5, 0.6) is 0 Å². The van der Waals surface area contributed by atoms with Crippen LogP contribution in [0.2, 0.25) is 0 Å². The molecular formula is C21H24N2O5S. The van der Waals surface area contributed by atoms with Crippen molar-refractivity contribution in [3.63, 3.8) is 0 Å². The maximum Gasteiger partial charge on any atom is 0.324 e. The molecule has 0 fully saturated rings. The van der Waals surface area contributed by atoms with E-state index in [1.807, 2.05) is 30.3 Å². The Morgan fingerprint density at radius 3 is 2.48 bits per heavy atom. The molecule has 2 N–H and O–H groups in total. The van der Waals surface area contributed by atoms with Crippen molar-refractivity contribution >= 4 is 21.7 Å². The minimum atomic E-state index is -4.04. The van der Waals surface area contributed by atoms with Gasteiger partial charge in [-0.25, -0.2) is 8.42 Å². The Hall–Kier alpha value is -2.68. The van der Waals surface area contributed by atoms with Crippen molar-refractivity contribution in [2.75, 3.05) is 12.3 Å². The lowest BCUT2D eigenvalue weighted by molar-refractivity contribution is -0.151. The second-order valence-electron chi connectivity index (χ2n) is 6.52. The molecule has 1 aliphatic heterocycles. The topological polar surface area (TPSA) is 98.9 Å². The average molecular weight is 416 g/mol. The summed E-state index contributed by atoms with van der Waals surface area (Å²) in [6.45, 7) is 2.03. The van der Waals surface area contributed by atoms with Gasteiger partial charge in [-0.1, -0.05) is 36.4 Å². The van der Waals surface area contributed by atoms with Gasteiger partial charge in [0.25, 0.3) is 0 Å². The van der Waals surface area contributed by atoms with Crippen molar-refractivity contribution in [1.29, 1.82) is 0 Å². The van der Waals surface area contributed by atoms with Crippen molar-refractivity contribution in [2.45, 2.75) is 37.1 Å². The number of ether oxygens (including phenoxy) is 2. The van der Waals surface area contributed by atoms with Crippen LogP contribution >= 0.6 is 0 Å². The first-order valence-corrected chi connectivity index (χ1v) is 10.8. The zero-order chi connectivity index (χ0) is 20.9. The predicted octanol–water partition coefficient (Wildman–Crippen LogP) is 2.69. The Labute approximate surface area is 170 Å². The summed E-state index contributed by atoms with van der Waals surface area (Å²) < 4.78 is 38.9. The summed E-state index contributed by atoms with van der Waals surface area (Å²) in [6.07, 6.45) is 2.65. The van der Waals surface area contributed by atoms with E-state index in [1.54, 1.807) is 19.1 Å². The first-order chi connectivity index (χ1) is 13.9. The minimum absolute atomic E-state index is 0.0320. The van der Waals surface area contributed by atoms with Crippen molar-refractivity contribution in [3.05, 3.63) is 72.3 Å². The number of nitrogens with two attached hydrogens (primary N) is 1. The van der Waals surface area contributed by atoms with E-state index in [-0.39, 0.29) is 24.5 Å². The molecule has 29 heavy (non-hydrogen) atoms. The summed E-state index contributed by atoms with van der Waals surface area (Å²) in [7, 11) is -4.04. The second kappa shape index (κ2) is 9.21. The molecule has 1 aliphatic rings. The molecule has 3 rings (SSSR count). The quantitative estimate of drug-likeness (QED) is 0.423. The molecule has 2 aromatic carbocycles. The number of hydrogen-bond acceptors (Lipinski definition) is 6. The summed E-state index contributed by atoms with van der Waals surface area (Å²) in [6, 6.07) is 14.2. The highest BCUT2D eigenvalue weighted by atomic mass is 32.2. The highest BCUT2D eigenvalue weighted by Crippen LogP contribution is 2.29. The minimum Gasteiger partial charge on any atom is -0.465 e. The van der Waals surface area contributed by atoms with Gasteiger partial charge in [0.1, 0.15) is 12.3 Å². The van der Waals surface area contributed by atoms with Gasteiger partial charge in [0.05, 0.1) is 18.1 Å². The van der Waals surface area contributed by atoms with E-state index in [4.69, 9.17) is 15.2 Å². The van der Waals surface area contributed by atoms with Crippen LogP contribution in [0, 0.1) is 0 Å². The highest BCUT2D eigenvalue weighted by molar-refractivity contribution is 7.89. The number of hydrogen-bond donors (Lipinski definition) is 1. The molecule has 7 nitrogen and oxygen atoms in total. The molecule has 0 aromatic heterocycles. The van der Waals surface area contributed by atoms with E-state index < -0.39 is 28.3 Å². The Morgan fingerprint density at radius 1 is 1.14 bits per heavy atom. The lowest BCUT2D eigenvalue weighted by atomic mass is 10.1. The molecule has 0 amide bonds. The van der Waals surface area contributed by atoms with E-state index >= 15 is 0 Å². The normalized spacial score (nSPS) is 19.8. The first-order valence-electron chi connectivity index (χ1n) is 9.31. The maximum atomic E-state index is 13.4. The second-order valence-corrected chi connectivity index (χ2v) is 8.37. The van der Waals surface area contributed by atoms with Crippen LogP contribution in [0.25, 0.3) is 0 Å². The fourth-order valence-electron chi connectivity index (χ4n) is 3.08. The number of nitrogens with zero attached hydrogens (tertiary/aromatic N) is 1. The molecule has 0 saturated carbocycles. The van der Waals surface area contributed by atoms with Gasteiger partial charge in [0.2, 0.25) is 10.0 Å². The monoisotopic (exact) mass is 416 g/mol. The van der Waals surface area contributed by atoms with Crippen LogP contribution in [0.1, 0.15) is 18.9 Å². The molecule has 0 bridgehead atoms. The van der Waals surface area contributed by atoms with E-state index in [1.165, 1.54) is 24.3 Å². The lowest BCUT2D eigenvalue weighted by Gasteiger charge is -2.36. The fraction of sp³-hybridized carbons (Fsp3) is 0.286. The summed E-state index contributed by atoms with van der Waals surface area (Å²) >= 11 is 0. The molecule has 0 saturated heterocycles. The van der Waals surface area contributed by atoms with Gasteiger partial charge in [-0.2, -0.15) is 4.31 Å². The molecule has 1 heterocycles. The molecule has 0 radical (unpaired) electrons. The zero-order valence-electron chi connectivity index (χ0n) is 16.1. The summed E-state index contributed by atoms with van der Waals surface area (Å²) in [5, 5.41) is 0.